The molecule has 0 heterocycles. The Balaban J connectivity index is 2.00. The molecule has 0 radical (unpaired) electrons. The number of hydrogen-bond donors (Lipinski definition) is 0. The van der Waals surface area contributed by atoms with Crippen molar-refractivity contribution in [3.63, 3.8) is 0 Å². The van der Waals surface area contributed by atoms with Crippen molar-refractivity contribution < 1.29 is 0 Å². The summed E-state index contributed by atoms with van der Waals surface area (Å²) < 4.78 is 0. The molecular weight excluding hydrogens is 168 g/mol. The zero-order valence-corrected chi connectivity index (χ0v) is 8.72. The van der Waals surface area contributed by atoms with Crippen molar-refractivity contribution in [2.24, 2.45) is 5.92 Å². The Hall–Kier alpha value is -1.04. The second kappa shape index (κ2) is 2.98. The third-order valence-electron chi connectivity index (χ3n) is 3.71. The molecule has 0 amide bonds. The van der Waals surface area contributed by atoms with Gasteiger partial charge in [0.15, 0.2) is 0 Å². The lowest BCUT2D eigenvalue weighted by Gasteiger charge is -2.12. The van der Waals surface area contributed by atoms with Crippen molar-refractivity contribution in [3.05, 3.63) is 41.0 Å². The first kappa shape index (κ1) is 8.28. The summed E-state index contributed by atoms with van der Waals surface area (Å²) in [5.74, 6) is 0.987. The van der Waals surface area contributed by atoms with E-state index in [1.54, 1.807) is 11.1 Å². The van der Waals surface area contributed by atoms with Crippen molar-refractivity contribution in [3.8, 4) is 0 Å². The molecule has 2 aliphatic carbocycles. The van der Waals surface area contributed by atoms with Gasteiger partial charge in [0.05, 0.1) is 0 Å². The highest BCUT2D eigenvalue weighted by Gasteiger charge is 2.30. The normalized spacial score (nSPS) is 24.8. The molecule has 1 unspecified atom stereocenters. The highest BCUT2D eigenvalue weighted by atomic mass is 14.3. The van der Waals surface area contributed by atoms with Gasteiger partial charge in [-0.05, 0) is 49.7 Å². The van der Waals surface area contributed by atoms with Crippen LogP contribution in [0.2, 0.25) is 0 Å². The van der Waals surface area contributed by atoms with Crippen LogP contribution in [0.25, 0.3) is 5.57 Å². The van der Waals surface area contributed by atoms with Crippen LogP contribution in [0, 0.1) is 12.8 Å². The minimum Gasteiger partial charge on any atom is -0.0661 e. The minimum absolute atomic E-state index is 0.987. The molecule has 0 heteroatoms. The predicted octanol–water partition coefficient (Wildman–Crippen LogP) is 3.95. The number of allylic oxidation sites excluding steroid dienone is 2. The molecule has 0 aromatic heterocycles. The lowest BCUT2D eigenvalue weighted by atomic mass is 9.93. The van der Waals surface area contributed by atoms with Crippen LogP contribution in [0.15, 0.2) is 29.8 Å². The first-order chi connectivity index (χ1) is 6.83. The van der Waals surface area contributed by atoms with E-state index in [1.807, 2.05) is 0 Å². The molecule has 0 saturated heterocycles. The molecule has 1 fully saturated rings. The smallest absolute Gasteiger partial charge is 0.0225 e. The van der Waals surface area contributed by atoms with E-state index in [2.05, 4.69) is 31.2 Å². The van der Waals surface area contributed by atoms with Gasteiger partial charge in [-0.1, -0.05) is 35.4 Å². The quantitative estimate of drug-likeness (QED) is 0.620. The van der Waals surface area contributed by atoms with Gasteiger partial charge in [0.25, 0.3) is 0 Å². The third kappa shape index (κ3) is 1.21. The van der Waals surface area contributed by atoms with Gasteiger partial charge in [-0.3, -0.25) is 0 Å². The average molecular weight is 184 g/mol. The van der Waals surface area contributed by atoms with Crippen LogP contribution in [0.5, 0.6) is 0 Å². The lowest BCUT2D eigenvalue weighted by Crippen LogP contribution is -1.93. The minimum atomic E-state index is 0.987. The molecule has 1 atom stereocenters. The first-order valence-corrected chi connectivity index (χ1v) is 5.61. The molecule has 3 rings (SSSR count). The average Bonchev–Trinajstić information content (AvgIpc) is 2.80. The van der Waals surface area contributed by atoms with E-state index in [1.165, 1.54) is 36.8 Å². The molecule has 14 heavy (non-hydrogen) atoms. The van der Waals surface area contributed by atoms with Crippen molar-refractivity contribution in [2.45, 2.75) is 32.6 Å². The summed E-state index contributed by atoms with van der Waals surface area (Å²) in [6, 6.07) is 9.04. The van der Waals surface area contributed by atoms with Gasteiger partial charge in [-0.2, -0.15) is 0 Å². The number of rotatable bonds is 1. The predicted molar refractivity (Wildman–Crippen MR) is 60.1 cm³/mol. The van der Waals surface area contributed by atoms with Crippen LogP contribution in [-0.2, 0) is 0 Å². The second-order valence-corrected chi connectivity index (χ2v) is 4.76. The van der Waals surface area contributed by atoms with E-state index in [9.17, 15) is 0 Å². The molecule has 1 saturated carbocycles. The van der Waals surface area contributed by atoms with Crippen LogP contribution in [0.3, 0.4) is 0 Å². The van der Waals surface area contributed by atoms with E-state index < -0.39 is 0 Å². The molecule has 2 aliphatic rings. The van der Waals surface area contributed by atoms with Gasteiger partial charge in [-0.15, -0.1) is 0 Å². The van der Waals surface area contributed by atoms with Gasteiger partial charge in [0, 0.05) is 0 Å². The maximum atomic E-state index is 2.29. The fraction of sp³-hybridized carbons (Fsp3) is 0.429. The summed E-state index contributed by atoms with van der Waals surface area (Å²) in [7, 11) is 0. The maximum absolute atomic E-state index is 2.29. The van der Waals surface area contributed by atoms with E-state index >= 15 is 0 Å². The van der Waals surface area contributed by atoms with Crippen molar-refractivity contribution >= 4 is 5.57 Å². The second-order valence-electron chi connectivity index (χ2n) is 4.76. The molecule has 72 valence electrons. The third-order valence-corrected chi connectivity index (χ3v) is 3.71. The van der Waals surface area contributed by atoms with Crippen LogP contribution < -0.4 is 0 Å². The van der Waals surface area contributed by atoms with E-state index in [0.29, 0.717) is 0 Å². The van der Waals surface area contributed by atoms with Gasteiger partial charge < -0.3 is 0 Å². The number of fused-ring (bicyclic) bond motifs is 2. The fourth-order valence-electron chi connectivity index (χ4n) is 2.89. The van der Waals surface area contributed by atoms with Crippen LogP contribution in [-0.4, -0.2) is 0 Å². The standard InChI is InChI=1S/C14H16/c1-10-2-5-12(6-3-10)14-9-11-4-7-13(14)8-11/h2-3,5-6,11H,4,7-9H2,1H3. The van der Waals surface area contributed by atoms with E-state index in [-0.39, 0.29) is 0 Å². The Kier molecular flexibility index (Phi) is 1.76. The molecule has 1 aromatic carbocycles. The van der Waals surface area contributed by atoms with Crippen LogP contribution >= 0.6 is 0 Å². The van der Waals surface area contributed by atoms with Crippen molar-refractivity contribution in [1.29, 1.82) is 0 Å². The topological polar surface area (TPSA) is 0 Å². The van der Waals surface area contributed by atoms with Gasteiger partial charge in [0.1, 0.15) is 0 Å². The SMILES string of the molecule is Cc1ccc(C2=C3CCC(C3)C2)cc1. The Morgan fingerprint density at radius 1 is 1.07 bits per heavy atom. The van der Waals surface area contributed by atoms with Gasteiger partial charge in [-0.25, -0.2) is 0 Å². The zero-order chi connectivity index (χ0) is 9.54. The van der Waals surface area contributed by atoms with Crippen molar-refractivity contribution in [1.82, 2.24) is 0 Å². The number of benzene rings is 1. The number of hydrogen-bond acceptors (Lipinski definition) is 0. The van der Waals surface area contributed by atoms with Gasteiger partial charge >= 0.3 is 0 Å². The summed E-state index contributed by atoms with van der Waals surface area (Å²) >= 11 is 0. The van der Waals surface area contributed by atoms with Crippen LogP contribution in [0.4, 0.5) is 0 Å². The molecule has 2 bridgehead atoms. The Morgan fingerprint density at radius 2 is 1.86 bits per heavy atom. The molecule has 0 aliphatic heterocycles. The zero-order valence-electron chi connectivity index (χ0n) is 8.72. The van der Waals surface area contributed by atoms with E-state index in [4.69, 9.17) is 0 Å². The Morgan fingerprint density at radius 3 is 2.43 bits per heavy atom. The molecule has 0 N–H and O–H groups in total. The lowest BCUT2D eigenvalue weighted by molar-refractivity contribution is 0.582. The highest BCUT2D eigenvalue weighted by Crippen LogP contribution is 2.47. The molecule has 0 nitrogen and oxygen atoms in total. The van der Waals surface area contributed by atoms with E-state index in [0.717, 1.165) is 5.92 Å². The first-order valence-electron chi connectivity index (χ1n) is 5.61. The van der Waals surface area contributed by atoms with Crippen LogP contribution in [0.1, 0.15) is 36.8 Å². The summed E-state index contributed by atoms with van der Waals surface area (Å²) in [6.45, 7) is 2.16. The van der Waals surface area contributed by atoms with Crippen molar-refractivity contribution in [2.75, 3.05) is 0 Å². The summed E-state index contributed by atoms with van der Waals surface area (Å²) in [5, 5.41) is 0. The Bertz CT molecular complexity index is 381. The highest BCUT2D eigenvalue weighted by molar-refractivity contribution is 5.72. The molecule has 0 spiro atoms. The monoisotopic (exact) mass is 184 g/mol. The Labute approximate surface area is 85.6 Å². The van der Waals surface area contributed by atoms with Gasteiger partial charge in [0.2, 0.25) is 0 Å². The molecule has 1 aromatic rings. The molecular formula is C14H16. The summed E-state index contributed by atoms with van der Waals surface area (Å²) in [5.41, 5.74) is 6.26. The fourth-order valence-corrected chi connectivity index (χ4v) is 2.89. The number of aryl methyl sites for hydroxylation is 1. The summed E-state index contributed by atoms with van der Waals surface area (Å²) in [4.78, 5) is 0. The summed E-state index contributed by atoms with van der Waals surface area (Å²) in [6.07, 6.45) is 5.56. The maximum Gasteiger partial charge on any atom is -0.0225 e. The largest absolute Gasteiger partial charge is 0.0661 e.